The molecule has 1 aliphatic heterocycles. The van der Waals surface area contributed by atoms with E-state index in [0.717, 1.165) is 57.1 Å². The highest BCUT2D eigenvalue weighted by Gasteiger charge is 2.48. The van der Waals surface area contributed by atoms with Crippen molar-refractivity contribution in [2.75, 3.05) is 13.2 Å². The first-order chi connectivity index (χ1) is 16.4. The minimum absolute atomic E-state index is 0.0362. The molecule has 2 saturated carbocycles. The van der Waals surface area contributed by atoms with Crippen molar-refractivity contribution in [2.45, 2.75) is 93.9 Å². The molecule has 3 heterocycles. The molecule has 1 spiro atoms. The number of halogens is 3. The number of alkyl halides is 3. The van der Waals surface area contributed by atoms with Crippen LogP contribution in [0.5, 0.6) is 0 Å². The number of hydrogen-bond acceptors (Lipinski definition) is 5. The third kappa shape index (κ3) is 4.98. The van der Waals surface area contributed by atoms with Crippen molar-refractivity contribution in [3.8, 4) is 0 Å². The van der Waals surface area contributed by atoms with E-state index in [1.54, 1.807) is 0 Å². The molecular formula is C26H33F3N4O. The van der Waals surface area contributed by atoms with E-state index in [1.807, 2.05) is 0 Å². The lowest BCUT2D eigenvalue weighted by Gasteiger charge is -2.46. The maximum atomic E-state index is 12.7. The molecular weight excluding hydrogens is 441 g/mol. The van der Waals surface area contributed by atoms with Gasteiger partial charge in [-0.05, 0) is 69.0 Å². The lowest BCUT2D eigenvalue weighted by molar-refractivity contribution is -0.141. The highest BCUT2D eigenvalue weighted by molar-refractivity contribution is 5.26. The van der Waals surface area contributed by atoms with Crippen LogP contribution in [0.15, 0.2) is 30.7 Å². The van der Waals surface area contributed by atoms with Crippen LogP contribution in [0.1, 0.15) is 92.8 Å². The van der Waals surface area contributed by atoms with E-state index in [1.165, 1.54) is 43.9 Å². The molecule has 184 valence electrons. The number of aromatic nitrogens is 3. The predicted molar refractivity (Wildman–Crippen MR) is 122 cm³/mol. The Morgan fingerprint density at radius 3 is 2.41 bits per heavy atom. The van der Waals surface area contributed by atoms with Crippen LogP contribution in [0, 0.1) is 0 Å². The summed E-state index contributed by atoms with van der Waals surface area (Å²) in [5.41, 5.74) is 1.96. The van der Waals surface area contributed by atoms with Crippen LogP contribution >= 0.6 is 0 Å². The number of pyridine rings is 1. The molecule has 5 nitrogen and oxygen atoms in total. The van der Waals surface area contributed by atoms with Gasteiger partial charge in [-0.15, -0.1) is 0 Å². The average molecular weight is 475 g/mol. The number of rotatable bonds is 7. The number of nitrogens with zero attached hydrogens (tertiary/aromatic N) is 3. The molecule has 1 atom stereocenters. The van der Waals surface area contributed by atoms with Crippen molar-refractivity contribution in [3.05, 3.63) is 53.4 Å². The summed E-state index contributed by atoms with van der Waals surface area (Å²) in [5.74, 6) is 0.667. The highest BCUT2D eigenvalue weighted by atomic mass is 19.4. The summed E-state index contributed by atoms with van der Waals surface area (Å²) in [7, 11) is 0. The molecule has 8 heteroatoms. The standard InChI is InChI=1S/C26H33F3N4O/c27-26(28,29)23-17-31-21(16-33-23)15-30-12-10-24(11-13-34-25(18-24)8-1-2-9-25)22-7-6-20(14-32-22)19-4-3-5-19/h6-7,14,16-17,19,30H,1-5,8-13,15,18H2/t24-/m1/s1. The van der Waals surface area contributed by atoms with E-state index >= 15 is 0 Å². The minimum atomic E-state index is -4.47. The molecule has 2 aliphatic carbocycles. The lowest BCUT2D eigenvalue weighted by atomic mass is 9.67. The van der Waals surface area contributed by atoms with Crippen LogP contribution in [0.3, 0.4) is 0 Å². The normalized spacial score (nSPS) is 24.9. The molecule has 0 radical (unpaired) electrons. The number of nitrogens with one attached hydrogen (secondary N) is 1. The summed E-state index contributed by atoms with van der Waals surface area (Å²) in [4.78, 5) is 12.4. The maximum Gasteiger partial charge on any atom is 0.434 e. The molecule has 2 aromatic rings. The van der Waals surface area contributed by atoms with Gasteiger partial charge >= 0.3 is 6.18 Å². The summed E-state index contributed by atoms with van der Waals surface area (Å²) < 4.78 is 44.5. The topological polar surface area (TPSA) is 59.9 Å². The summed E-state index contributed by atoms with van der Waals surface area (Å²) in [6.07, 6.45) is 10.9. The molecule has 0 amide bonds. The third-order valence-electron chi connectivity index (χ3n) is 8.15. The Morgan fingerprint density at radius 2 is 1.79 bits per heavy atom. The quantitative estimate of drug-likeness (QED) is 0.522. The second-order valence-corrected chi connectivity index (χ2v) is 10.4. The van der Waals surface area contributed by atoms with Gasteiger partial charge in [-0.25, -0.2) is 4.98 Å². The van der Waals surface area contributed by atoms with Crippen molar-refractivity contribution >= 4 is 0 Å². The molecule has 0 bridgehead atoms. The third-order valence-corrected chi connectivity index (χ3v) is 8.15. The van der Waals surface area contributed by atoms with Gasteiger partial charge in [0.15, 0.2) is 5.69 Å². The Hall–Kier alpha value is -2.06. The monoisotopic (exact) mass is 474 g/mol. The van der Waals surface area contributed by atoms with Gasteiger partial charge in [0, 0.05) is 30.5 Å². The minimum Gasteiger partial charge on any atom is -0.375 e. The average Bonchev–Trinajstić information content (AvgIpc) is 3.23. The molecule has 2 aromatic heterocycles. The predicted octanol–water partition coefficient (Wildman–Crippen LogP) is 5.70. The molecule has 0 aromatic carbocycles. The first-order valence-electron chi connectivity index (χ1n) is 12.6. The maximum absolute atomic E-state index is 12.7. The van der Waals surface area contributed by atoms with Crippen LogP contribution in [0.25, 0.3) is 0 Å². The zero-order valence-corrected chi connectivity index (χ0v) is 19.5. The first kappa shape index (κ1) is 23.7. The molecule has 3 aliphatic rings. The molecule has 3 fully saturated rings. The van der Waals surface area contributed by atoms with Crippen LogP contribution in [-0.4, -0.2) is 33.7 Å². The van der Waals surface area contributed by atoms with E-state index in [9.17, 15) is 13.2 Å². The molecule has 1 saturated heterocycles. The van der Waals surface area contributed by atoms with Crippen molar-refractivity contribution in [2.24, 2.45) is 0 Å². The fourth-order valence-electron chi connectivity index (χ4n) is 5.96. The van der Waals surface area contributed by atoms with Gasteiger partial charge in [-0.1, -0.05) is 25.3 Å². The Kier molecular flexibility index (Phi) is 6.64. The lowest BCUT2D eigenvalue weighted by Crippen LogP contribution is -2.47. The van der Waals surface area contributed by atoms with Gasteiger partial charge in [0.25, 0.3) is 0 Å². The highest BCUT2D eigenvalue weighted by Crippen LogP contribution is 2.50. The van der Waals surface area contributed by atoms with E-state index in [0.29, 0.717) is 18.2 Å². The van der Waals surface area contributed by atoms with Crippen LogP contribution < -0.4 is 5.32 Å². The summed E-state index contributed by atoms with van der Waals surface area (Å²) in [6, 6.07) is 4.51. The summed E-state index contributed by atoms with van der Waals surface area (Å²) in [5, 5.41) is 3.38. The van der Waals surface area contributed by atoms with Gasteiger partial charge in [0.05, 0.1) is 23.7 Å². The number of ether oxygens (including phenoxy) is 1. The van der Waals surface area contributed by atoms with Crippen LogP contribution in [-0.2, 0) is 22.9 Å². The molecule has 1 N–H and O–H groups in total. The summed E-state index contributed by atoms with van der Waals surface area (Å²) >= 11 is 0. The Morgan fingerprint density at radius 1 is 0.971 bits per heavy atom. The van der Waals surface area contributed by atoms with Gasteiger partial charge in [-0.2, -0.15) is 13.2 Å². The van der Waals surface area contributed by atoms with Crippen LogP contribution in [0.4, 0.5) is 13.2 Å². The largest absolute Gasteiger partial charge is 0.434 e. The first-order valence-corrected chi connectivity index (χ1v) is 12.6. The second kappa shape index (κ2) is 9.53. The van der Waals surface area contributed by atoms with Crippen molar-refractivity contribution in [1.29, 1.82) is 0 Å². The summed E-state index contributed by atoms with van der Waals surface area (Å²) in [6.45, 7) is 1.86. The SMILES string of the molecule is FC(F)(F)c1cnc(CNCC[C@@]2(c3ccc(C4CCC4)cn3)CCOC3(CCCC3)C2)cn1. The van der Waals surface area contributed by atoms with E-state index < -0.39 is 11.9 Å². The number of hydrogen-bond donors (Lipinski definition) is 1. The van der Waals surface area contributed by atoms with Gasteiger partial charge < -0.3 is 10.1 Å². The van der Waals surface area contributed by atoms with E-state index in [-0.39, 0.29) is 11.0 Å². The second-order valence-electron chi connectivity index (χ2n) is 10.4. The molecule has 0 unspecified atom stereocenters. The van der Waals surface area contributed by atoms with Crippen molar-refractivity contribution in [1.82, 2.24) is 20.3 Å². The Bertz CT molecular complexity index is 954. The van der Waals surface area contributed by atoms with Crippen molar-refractivity contribution < 1.29 is 17.9 Å². The van der Waals surface area contributed by atoms with Gasteiger partial charge in [0.1, 0.15) is 0 Å². The Labute approximate surface area is 198 Å². The smallest absolute Gasteiger partial charge is 0.375 e. The van der Waals surface area contributed by atoms with E-state index in [2.05, 4.69) is 33.6 Å². The molecule has 5 rings (SSSR count). The van der Waals surface area contributed by atoms with Crippen molar-refractivity contribution in [3.63, 3.8) is 0 Å². The zero-order valence-electron chi connectivity index (χ0n) is 19.5. The molecule has 34 heavy (non-hydrogen) atoms. The zero-order chi connectivity index (χ0) is 23.7. The van der Waals surface area contributed by atoms with Gasteiger partial charge in [-0.3, -0.25) is 9.97 Å². The Balaban J connectivity index is 1.27. The fourth-order valence-corrected chi connectivity index (χ4v) is 5.96. The van der Waals surface area contributed by atoms with Crippen LogP contribution in [0.2, 0.25) is 0 Å². The van der Waals surface area contributed by atoms with Gasteiger partial charge in [0.2, 0.25) is 0 Å². The fraction of sp³-hybridized carbons (Fsp3) is 0.654. The van der Waals surface area contributed by atoms with E-state index in [4.69, 9.17) is 9.72 Å².